The predicted octanol–water partition coefficient (Wildman–Crippen LogP) is 17.0. The third-order valence-electron chi connectivity index (χ3n) is 15.4. The first-order valence-electron chi connectivity index (χ1n) is 28.1. The first kappa shape index (κ1) is 60.1. The third-order valence-corrected chi connectivity index (χ3v) is 15.4. The standard InChI is InChI=1S/2C39H35N2.Zn/c2*1-24-12-16-32(17-13-24)20-22-34-28(5)38(40-30(34)7)37(36-26(3)10-9-11-27(36)4)39-29(6)35(31(8)41-39)23-21-33-18-14-25(2)15-19-33;/h2*9-19H,1-8H3;/q2*-1;+2/b2*38-37-;. The van der Waals surface area contributed by atoms with E-state index in [1.807, 2.05) is 27.7 Å². The fourth-order valence-corrected chi connectivity index (χ4v) is 10.7. The van der Waals surface area contributed by atoms with Gasteiger partial charge in [-0.2, -0.15) is 0 Å². The quantitative estimate of drug-likeness (QED) is 0.130. The van der Waals surface area contributed by atoms with Crippen molar-refractivity contribution < 1.29 is 19.5 Å². The van der Waals surface area contributed by atoms with E-state index in [0.29, 0.717) is 0 Å². The molecule has 2 aliphatic rings. The van der Waals surface area contributed by atoms with E-state index >= 15 is 0 Å². The molecule has 8 aromatic rings. The van der Waals surface area contributed by atoms with Gasteiger partial charge in [0.2, 0.25) is 0 Å². The number of aliphatic imine (C=N–C) groups is 2. The maximum absolute atomic E-state index is 5.14. The Morgan fingerprint density at radius 1 is 0.325 bits per heavy atom. The molecule has 2 aromatic heterocycles. The zero-order chi connectivity index (χ0) is 58.5. The van der Waals surface area contributed by atoms with Crippen molar-refractivity contribution in [2.24, 2.45) is 9.98 Å². The minimum Gasteiger partial charge on any atom is -0.660 e. The summed E-state index contributed by atoms with van der Waals surface area (Å²) in [6, 6.07) is 46.1. The summed E-state index contributed by atoms with van der Waals surface area (Å²) in [7, 11) is 0. The van der Waals surface area contributed by atoms with E-state index in [1.165, 1.54) is 55.6 Å². The second-order valence-electron chi connectivity index (χ2n) is 21.9. The molecule has 0 radical (unpaired) electrons. The molecule has 0 N–H and O–H groups in total. The number of hydrogen-bond donors (Lipinski definition) is 0. The van der Waals surface area contributed by atoms with E-state index in [-0.39, 0.29) is 19.5 Å². The Balaban J connectivity index is 0.000000214. The Morgan fingerprint density at radius 3 is 0.867 bits per heavy atom. The van der Waals surface area contributed by atoms with Gasteiger partial charge in [-0.05, 0) is 201 Å². The van der Waals surface area contributed by atoms with Gasteiger partial charge in [0.05, 0.1) is 34.0 Å². The average Bonchev–Trinajstić information content (AvgIpc) is 3.82. The largest absolute Gasteiger partial charge is 2.00 e. The zero-order valence-electron chi connectivity index (χ0n) is 51.2. The smallest absolute Gasteiger partial charge is 0.660 e. The number of aryl methyl sites for hydroxylation is 10. The van der Waals surface area contributed by atoms with Gasteiger partial charge >= 0.3 is 19.5 Å². The van der Waals surface area contributed by atoms with Crippen LogP contribution in [0.3, 0.4) is 0 Å². The van der Waals surface area contributed by atoms with Crippen LogP contribution >= 0.6 is 0 Å². The molecule has 83 heavy (non-hydrogen) atoms. The van der Waals surface area contributed by atoms with E-state index < -0.39 is 0 Å². The molecule has 404 valence electrons. The van der Waals surface area contributed by atoms with E-state index in [4.69, 9.17) is 20.0 Å². The molecule has 2 aliphatic heterocycles. The molecule has 10 rings (SSSR count). The third kappa shape index (κ3) is 13.2. The van der Waals surface area contributed by atoms with Crippen LogP contribution in [0.15, 0.2) is 177 Å². The van der Waals surface area contributed by atoms with Gasteiger partial charge in [-0.15, -0.1) is 22.8 Å². The van der Waals surface area contributed by atoms with Crippen LogP contribution < -0.4 is 9.97 Å². The van der Waals surface area contributed by atoms with Gasteiger partial charge in [0.1, 0.15) is 0 Å². The second kappa shape index (κ2) is 25.9. The summed E-state index contributed by atoms with van der Waals surface area (Å²) in [5.74, 6) is 27.1. The van der Waals surface area contributed by atoms with Crippen LogP contribution in [-0.2, 0) is 19.5 Å². The van der Waals surface area contributed by atoms with Gasteiger partial charge < -0.3 is 9.97 Å². The van der Waals surface area contributed by atoms with E-state index in [2.05, 4.69) is 264 Å². The molecule has 0 saturated heterocycles. The fraction of sp³-hybridized carbons (Fsp3) is 0.205. The summed E-state index contributed by atoms with van der Waals surface area (Å²) >= 11 is 0. The van der Waals surface area contributed by atoms with Crippen LogP contribution in [0.1, 0.15) is 151 Å². The Kier molecular flexibility index (Phi) is 18.8. The molecule has 0 spiro atoms. The molecule has 0 saturated carbocycles. The normalized spacial score (nSPS) is 13.6. The number of rotatable bonds is 4. The number of nitrogens with zero attached hydrogens (tertiary/aromatic N) is 4. The van der Waals surface area contributed by atoms with Gasteiger partial charge in [0.25, 0.3) is 0 Å². The molecule has 0 bridgehead atoms. The molecule has 0 atom stereocenters. The van der Waals surface area contributed by atoms with Gasteiger partial charge in [-0.3, -0.25) is 9.98 Å². The SMILES string of the molecule is CC1=N/C(=C(\c2[n-]c(C)c(C#Cc3ccc(C)cc3)c2C)c2c(C)cccc2C)C(C)=C1C#Cc1ccc(C)cc1.CC1=N/C(=C(\c2[n-]c(C)c(C#Cc3ccc(C)cc3)c2C)c2c(C)cccc2C)C(C)=C1C#Cc1ccc(C)cc1.[Zn+2]. The monoisotopic (exact) mass is 1130 g/mol. The van der Waals surface area contributed by atoms with Gasteiger partial charge in [0.15, 0.2) is 0 Å². The summed E-state index contributed by atoms with van der Waals surface area (Å²) < 4.78 is 0. The van der Waals surface area contributed by atoms with Crippen molar-refractivity contribution in [2.75, 3.05) is 0 Å². The topological polar surface area (TPSA) is 52.9 Å². The van der Waals surface area contributed by atoms with Crippen molar-refractivity contribution in [3.63, 3.8) is 0 Å². The van der Waals surface area contributed by atoms with Crippen LogP contribution in [0.2, 0.25) is 0 Å². The number of hydrogen-bond acceptors (Lipinski definition) is 2. The van der Waals surface area contributed by atoms with Crippen LogP contribution in [0.5, 0.6) is 0 Å². The van der Waals surface area contributed by atoms with Crippen molar-refractivity contribution in [3.05, 3.63) is 290 Å². The maximum Gasteiger partial charge on any atom is 2.00 e. The van der Waals surface area contributed by atoms with E-state index in [1.54, 1.807) is 0 Å². The minimum absolute atomic E-state index is 0. The van der Waals surface area contributed by atoms with Crippen LogP contribution in [0.4, 0.5) is 0 Å². The fourth-order valence-electron chi connectivity index (χ4n) is 10.7. The molecular formula is C78H70N4Zn. The van der Waals surface area contributed by atoms with Crippen molar-refractivity contribution >= 4 is 22.6 Å². The Morgan fingerprint density at radius 2 is 0.590 bits per heavy atom. The first-order valence-corrected chi connectivity index (χ1v) is 28.1. The summed E-state index contributed by atoms with van der Waals surface area (Å²) in [6.45, 7) is 33.7. The number of allylic oxidation sites excluding steroid dienone is 4. The Bertz CT molecular complexity index is 4010. The van der Waals surface area contributed by atoms with Gasteiger partial charge in [-0.25, -0.2) is 0 Å². The van der Waals surface area contributed by atoms with Gasteiger partial charge in [-0.1, -0.05) is 180 Å². The molecule has 0 aliphatic carbocycles. The van der Waals surface area contributed by atoms with Crippen molar-refractivity contribution in [1.82, 2.24) is 9.97 Å². The molecule has 4 nitrogen and oxygen atoms in total. The second-order valence-corrected chi connectivity index (χ2v) is 21.9. The molecule has 5 heteroatoms. The van der Waals surface area contributed by atoms with Gasteiger partial charge in [0, 0.05) is 33.4 Å². The summed E-state index contributed by atoms with van der Waals surface area (Å²) in [6.07, 6.45) is 0. The zero-order valence-corrected chi connectivity index (χ0v) is 54.2. The van der Waals surface area contributed by atoms with Crippen LogP contribution in [0.25, 0.3) is 11.1 Å². The van der Waals surface area contributed by atoms with Crippen LogP contribution in [-0.4, -0.2) is 11.4 Å². The van der Waals surface area contributed by atoms with E-state index in [9.17, 15) is 0 Å². The Labute approximate surface area is 507 Å². The van der Waals surface area contributed by atoms with Crippen molar-refractivity contribution in [1.29, 1.82) is 0 Å². The predicted molar refractivity (Wildman–Crippen MR) is 344 cm³/mol. The number of aromatic nitrogens is 2. The molecule has 6 aromatic carbocycles. The molecule has 0 fully saturated rings. The molecule has 0 unspecified atom stereocenters. The van der Waals surface area contributed by atoms with Crippen molar-refractivity contribution in [2.45, 2.75) is 111 Å². The average molecular weight is 1130 g/mol. The minimum atomic E-state index is 0. The maximum atomic E-state index is 5.14. The van der Waals surface area contributed by atoms with Crippen molar-refractivity contribution in [3.8, 4) is 47.4 Å². The summed E-state index contributed by atoms with van der Waals surface area (Å²) in [4.78, 5) is 20.6. The van der Waals surface area contributed by atoms with Crippen LogP contribution in [0, 0.1) is 130 Å². The van der Waals surface area contributed by atoms with E-state index in [0.717, 1.165) is 124 Å². The molecule has 0 amide bonds. The first-order chi connectivity index (χ1) is 39.3. The Hall–Kier alpha value is -8.96. The molecule has 4 heterocycles. The summed E-state index contributed by atoms with van der Waals surface area (Å²) in [5, 5.41) is 0. The number of benzene rings is 6. The molecular weight excluding hydrogens is 1060 g/mol. The summed E-state index contributed by atoms with van der Waals surface area (Å²) in [5.41, 5.74) is 33.8.